The van der Waals surface area contributed by atoms with Crippen molar-refractivity contribution in [3.8, 4) is 5.75 Å². The highest BCUT2D eigenvalue weighted by Crippen LogP contribution is 2.18. The Balaban J connectivity index is 1.60. The molecule has 1 fully saturated rings. The lowest BCUT2D eigenvalue weighted by Gasteiger charge is -2.30. The summed E-state index contributed by atoms with van der Waals surface area (Å²) in [6.07, 6.45) is 6.19. The molecule has 2 heterocycles. The van der Waals surface area contributed by atoms with E-state index in [0.29, 0.717) is 12.6 Å². The summed E-state index contributed by atoms with van der Waals surface area (Å²) >= 11 is 0. The van der Waals surface area contributed by atoms with Crippen LogP contribution in [0.25, 0.3) is 0 Å². The highest BCUT2D eigenvalue weighted by atomic mass is 16.5. The Morgan fingerprint density at radius 2 is 2.24 bits per heavy atom. The van der Waals surface area contributed by atoms with Crippen LogP contribution in [0.1, 0.15) is 31.0 Å². The second kappa shape index (κ2) is 8.16. The number of para-hydroxylation sites is 1. The largest absolute Gasteiger partial charge is 0.492 e. The SMILES string of the molecule is Cc1cn(N=Cc2ccccc2OCCN2CCCC(C)C2)c(N)n1. The normalized spacial score (nSPS) is 18.7. The van der Waals surface area contributed by atoms with Gasteiger partial charge in [-0.05, 0) is 44.4 Å². The predicted octanol–water partition coefficient (Wildman–Crippen LogP) is 2.77. The summed E-state index contributed by atoms with van der Waals surface area (Å²) in [6, 6.07) is 7.92. The number of hydrogen-bond acceptors (Lipinski definition) is 5. The highest BCUT2D eigenvalue weighted by molar-refractivity contribution is 5.83. The van der Waals surface area contributed by atoms with Crippen LogP contribution < -0.4 is 10.5 Å². The number of nitrogens with zero attached hydrogens (tertiary/aromatic N) is 4. The van der Waals surface area contributed by atoms with E-state index in [4.69, 9.17) is 10.5 Å². The van der Waals surface area contributed by atoms with Gasteiger partial charge in [0.25, 0.3) is 0 Å². The fourth-order valence-electron chi connectivity index (χ4n) is 3.21. The summed E-state index contributed by atoms with van der Waals surface area (Å²) in [5.74, 6) is 2.01. The number of rotatable bonds is 6. The van der Waals surface area contributed by atoms with Gasteiger partial charge in [0.05, 0.1) is 18.1 Å². The van der Waals surface area contributed by atoms with Gasteiger partial charge in [0.1, 0.15) is 12.4 Å². The van der Waals surface area contributed by atoms with Crippen molar-refractivity contribution in [1.29, 1.82) is 0 Å². The molecule has 1 saturated heterocycles. The molecule has 0 amide bonds. The van der Waals surface area contributed by atoms with Crippen LogP contribution in [-0.2, 0) is 0 Å². The zero-order chi connectivity index (χ0) is 17.6. The van der Waals surface area contributed by atoms with Gasteiger partial charge in [0, 0.05) is 18.7 Å². The molecule has 1 unspecified atom stereocenters. The summed E-state index contributed by atoms with van der Waals surface area (Å²) in [6.45, 7) is 8.21. The second-order valence-electron chi connectivity index (χ2n) is 6.76. The number of aryl methyl sites for hydroxylation is 1. The maximum absolute atomic E-state index is 6.01. The molecular formula is C19H27N5O. The Morgan fingerprint density at radius 3 is 3.00 bits per heavy atom. The molecule has 0 spiro atoms. The predicted molar refractivity (Wildman–Crippen MR) is 101 cm³/mol. The highest BCUT2D eigenvalue weighted by Gasteiger charge is 2.15. The van der Waals surface area contributed by atoms with Crippen LogP contribution in [0.4, 0.5) is 5.95 Å². The lowest BCUT2D eigenvalue weighted by molar-refractivity contribution is 0.153. The topological polar surface area (TPSA) is 68.7 Å². The van der Waals surface area contributed by atoms with Crippen LogP contribution in [-0.4, -0.2) is 47.0 Å². The number of likely N-dealkylation sites (tertiary alicyclic amines) is 1. The monoisotopic (exact) mass is 341 g/mol. The Labute approximate surface area is 149 Å². The van der Waals surface area contributed by atoms with E-state index in [1.807, 2.05) is 31.2 Å². The molecule has 6 nitrogen and oxygen atoms in total. The van der Waals surface area contributed by atoms with E-state index in [2.05, 4.69) is 21.9 Å². The first-order valence-electron chi connectivity index (χ1n) is 8.92. The van der Waals surface area contributed by atoms with Gasteiger partial charge in [-0.15, -0.1) is 0 Å². The quantitative estimate of drug-likeness (QED) is 0.820. The standard InChI is InChI=1S/C19H27N5O/c1-15-6-5-9-23(13-15)10-11-25-18-8-4-3-7-17(18)12-21-24-14-16(2)22-19(24)20/h3-4,7-8,12,14-15H,5-6,9-11,13H2,1-2H3,(H2,20,22). The Bertz CT molecular complexity index is 724. The molecule has 0 radical (unpaired) electrons. The summed E-state index contributed by atoms with van der Waals surface area (Å²) < 4.78 is 7.58. The van der Waals surface area contributed by atoms with Crippen LogP contribution in [0, 0.1) is 12.8 Å². The number of hydrogen-bond donors (Lipinski definition) is 1. The smallest absolute Gasteiger partial charge is 0.221 e. The molecule has 1 aromatic heterocycles. The summed E-state index contributed by atoms with van der Waals surface area (Å²) in [4.78, 5) is 6.63. The molecule has 1 aliphatic heterocycles. The van der Waals surface area contributed by atoms with Crippen molar-refractivity contribution in [3.63, 3.8) is 0 Å². The van der Waals surface area contributed by atoms with Crippen molar-refractivity contribution in [1.82, 2.24) is 14.6 Å². The molecule has 1 atom stereocenters. The van der Waals surface area contributed by atoms with Gasteiger partial charge in [-0.2, -0.15) is 5.10 Å². The Morgan fingerprint density at radius 1 is 1.40 bits per heavy atom. The van der Waals surface area contributed by atoms with Gasteiger partial charge >= 0.3 is 0 Å². The van der Waals surface area contributed by atoms with E-state index in [9.17, 15) is 0 Å². The van der Waals surface area contributed by atoms with Crippen LogP contribution in [0.5, 0.6) is 5.75 Å². The van der Waals surface area contributed by atoms with Crippen molar-refractivity contribution >= 4 is 12.2 Å². The lowest BCUT2D eigenvalue weighted by Crippen LogP contribution is -2.37. The average Bonchev–Trinajstić information content (AvgIpc) is 2.91. The molecule has 0 aliphatic carbocycles. The maximum atomic E-state index is 6.01. The third-order valence-corrected chi connectivity index (χ3v) is 4.48. The maximum Gasteiger partial charge on any atom is 0.221 e. The zero-order valence-electron chi connectivity index (χ0n) is 15.1. The molecule has 0 bridgehead atoms. The van der Waals surface area contributed by atoms with Crippen molar-refractivity contribution in [2.45, 2.75) is 26.7 Å². The van der Waals surface area contributed by atoms with Crippen LogP contribution in [0.15, 0.2) is 35.6 Å². The van der Waals surface area contributed by atoms with Gasteiger partial charge in [0.2, 0.25) is 5.95 Å². The first kappa shape index (κ1) is 17.5. The molecule has 3 rings (SSSR count). The van der Waals surface area contributed by atoms with Gasteiger partial charge < -0.3 is 10.5 Å². The van der Waals surface area contributed by atoms with E-state index in [1.54, 1.807) is 17.1 Å². The van der Waals surface area contributed by atoms with E-state index in [-0.39, 0.29) is 0 Å². The molecule has 1 aromatic carbocycles. The van der Waals surface area contributed by atoms with E-state index < -0.39 is 0 Å². The van der Waals surface area contributed by atoms with Gasteiger partial charge in [0.15, 0.2) is 0 Å². The molecule has 134 valence electrons. The fourth-order valence-corrected chi connectivity index (χ4v) is 3.21. The minimum atomic E-state index is 0.381. The minimum absolute atomic E-state index is 0.381. The van der Waals surface area contributed by atoms with Crippen molar-refractivity contribution in [2.24, 2.45) is 11.0 Å². The van der Waals surface area contributed by atoms with Gasteiger partial charge in [-0.3, -0.25) is 4.90 Å². The summed E-state index contributed by atoms with van der Waals surface area (Å²) in [5.41, 5.74) is 7.59. The number of nitrogens with two attached hydrogens (primary N) is 1. The lowest BCUT2D eigenvalue weighted by atomic mass is 10.0. The number of imidazole rings is 1. The van der Waals surface area contributed by atoms with Crippen molar-refractivity contribution < 1.29 is 4.74 Å². The van der Waals surface area contributed by atoms with E-state index in [0.717, 1.165) is 29.5 Å². The third kappa shape index (κ3) is 4.82. The van der Waals surface area contributed by atoms with Crippen molar-refractivity contribution in [2.75, 3.05) is 32.0 Å². The number of ether oxygens (including phenoxy) is 1. The fraction of sp³-hybridized carbons (Fsp3) is 0.474. The van der Waals surface area contributed by atoms with Crippen LogP contribution in [0.2, 0.25) is 0 Å². The zero-order valence-corrected chi connectivity index (χ0v) is 15.1. The Kier molecular flexibility index (Phi) is 5.71. The van der Waals surface area contributed by atoms with Crippen LogP contribution in [0.3, 0.4) is 0 Å². The van der Waals surface area contributed by atoms with Gasteiger partial charge in [-0.25, -0.2) is 9.66 Å². The number of benzene rings is 1. The van der Waals surface area contributed by atoms with E-state index in [1.165, 1.54) is 25.9 Å². The Hall–Kier alpha value is -2.34. The molecule has 6 heteroatoms. The van der Waals surface area contributed by atoms with E-state index >= 15 is 0 Å². The number of aromatic nitrogens is 2. The molecule has 1 aliphatic rings. The number of piperidine rings is 1. The minimum Gasteiger partial charge on any atom is -0.492 e. The second-order valence-corrected chi connectivity index (χ2v) is 6.76. The first-order valence-corrected chi connectivity index (χ1v) is 8.92. The van der Waals surface area contributed by atoms with Gasteiger partial charge in [-0.1, -0.05) is 19.1 Å². The molecular weight excluding hydrogens is 314 g/mol. The van der Waals surface area contributed by atoms with Crippen LogP contribution >= 0.6 is 0 Å². The summed E-state index contributed by atoms with van der Waals surface area (Å²) in [5, 5.41) is 4.38. The molecule has 2 aromatic rings. The third-order valence-electron chi connectivity index (χ3n) is 4.48. The summed E-state index contributed by atoms with van der Waals surface area (Å²) in [7, 11) is 0. The average molecular weight is 341 g/mol. The van der Waals surface area contributed by atoms with Crippen molar-refractivity contribution in [3.05, 3.63) is 41.7 Å². The number of nitrogen functional groups attached to an aromatic ring is 1. The molecule has 25 heavy (non-hydrogen) atoms. The first-order chi connectivity index (χ1) is 12.1. The molecule has 2 N–H and O–H groups in total. The number of anilines is 1. The molecule has 0 saturated carbocycles.